The highest BCUT2D eigenvalue weighted by molar-refractivity contribution is 6.04. The van der Waals surface area contributed by atoms with Crippen LogP contribution in [0.15, 0.2) is 97.1 Å². The van der Waals surface area contributed by atoms with E-state index in [9.17, 15) is 18.4 Å². The summed E-state index contributed by atoms with van der Waals surface area (Å²) in [6, 6.07) is 26.7. The normalized spacial score (nSPS) is 15.7. The number of hydrogen-bond donors (Lipinski definition) is 2. The van der Waals surface area contributed by atoms with E-state index in [-0.39, 0.29) is 23.6 Å². The maximum Gasteiger partial charge on any atom is 0.323 e. The molecule has 3 amide bonds. The van der Waals surface area contributed by atoms with Crippen LogP contribution >= 0.6 is 0 Å². The average Bonchev–Trinajstić information content (AvgIpc) is 3.07. The predicted molar refractivity (Wildman–Crippen MR) is 172 cm³/mol. The lowest BCUT2D eigenvalue weighted by atomic mass is 9.96. The minimum Gasteiger partial charge on any atom is -0.367 e. The third-order valence-electron chi connectivity index (χ3n) is 8.49. The maximum atomic E-state index is 13.8. The number of rotatable bonds is 7. The number of amides is 3. The second-order valence-electron chi connectivity index (χ2n) is 11.3. The number of carbonyl (C=O) groups is 2. The van der Waals surface area contributed by atoms with Crippen molar-refractivity contribution >= 4 is 29.0 Å². The van der Waals surface area contributed by atoms with Gasteiger partial charge in [0, 0.05) is 57.9 Å². The number of hydrogen-bond acceptors (Lipinski definition) is 5. The molecule has 8 nitrogen and oxygen atoms in total. The summed E-state index contributed by atoms with van der Waals surface area (Å²) in [4.78, 5) is 34.2. The van der Waals surface area contributed by atoms with Gasteiger partial charge in [-0.3, -0.25) is 14.6 Å². The Labute approximate surface area is 261 Å². The van der Waals surface area contributed by atoms with E-state index in [2.05, 4.69) is 15.1 Å². The minimum atomic E-state index is -0.652. The summed E-state index contributed by atoms with van der Waals surface area (Å²) in [5.74, 6) is -0.719. The number of urea groups is 1. The molecule has 2 heterocycles. The van der Waals surface area contributed by atoms with Gasteiger partial charge in [0.25, 0.3) is 5.91 Å². The fraction of sp³-hybridized carbons (Fsp3) is 0.257. The third-order valence-corrected chi connectivity index (χ3v) is 8.49. The van der Waals surface area contributed by atoms with Crippen LogP contribution in [0.1, 0.15) is 27.5 Å². The number of nitrogens with zero attached hydrogens (tertiary/aromatic N) is 4. The maximum absolute atomic E-state index is 13.8. The van der Waals surface area contributed by atoms with Gasteiger partial charge >= 0.3 is 6.03 Å². The molecule has 45 heavy (non-hydrogen) atoms. The van der Waals surface area contributed by atoms with Crippen LogP contribution in [-0.2, 0) is 0 Å². The van der Waals surface area contributed by atoms with E-state index in [1.165, 1.54) is 29.2 Å². The molecular weight excluding hydrogens is 574 g/mol. The number of para-hydroxylation sites is 1. The summed E-state index contributed by atoms with van der Waals surface area (Å²) < 4.78 is 27.6. The van der Waals surface area contributed by atoms with Gasteiger partial charge < -0.3 is 20.9 Å². The molecule has 4 aromatic carbocycles. The first-order valence-corrected chi connectivity index (χ1v) is 15.2. The van der Waals surface area contributed by atoms with Crippen LogP contribution in [0.4, 0.5) is 30.6 Å². The lowest BCUT2D eigenvalue weighted by molar-refractivity contribution is 0.0736. The zero-order valence-electron chi connectivity index (χ0n) is 24.9. The van der Waals surface area contributed by atoms with Crippen LogP contribution in [0.5, 0.6) is 0 Å². The Hall–Kier alpha value is -4.80. The van der Waals surface area contributed by atoms with Crippen molar-refractivity contribution in [2.45, 2.75) is 6.04 Å². The Balaban J connectivity index is 1.32. The van der Waals surface area contributed by atoms with Crippen LogP contribution in [0, 0.1) is 11.6 Å². The van der Waals surface area contributed by atoms with Crippen molar-refractivity contribution in [2.24, 2.45) is 5.73 Å². The van der Waals surface area contributed by atoms with Crippen molar-refractivity contribution in [2.75, 3.05) is 62.2 Å². The number of anilines is 3. The molecule has 2 aliphatic rings. The van der Waals surface area contributed by atoms with E-state index in [0.717, 1.165) is 29.9 Å². The van der Waals surface area contributed by atoms with Crippen LogP contribution in [-0.4, -0.2) is 74.1 Å². The van der Waals surface area contributed by atoms with Gasteiger partial charge in [-0.05, 0) is 65.7 Å². The molecule has 3 N–H and O–H groups in total. The Morgan fingerprint density at radius 2 is 1.31 bits per heavy atom. The molecular formula is C35H36F2N6O2. The molecule has 0 aliphatic carbocycles. The molecule has 0 radical (unpaired) electrons. The van der Waals surface area contributed by atoms with Gasteiger partial charge in [-0.2, -0.15) is 0 Å². The van der Waals surface area contributed by atoms with Gasteiger partial charge in [0.15, 0.2) is 0 Å². The standard InChI is InChI=1S/C35H36F2N6O2/c36-28-11-6-25(7-12-28)33(26-8-13-29(37)14-9-26)41-22-20-40(21-23-41)31-15-10-27(34(44)42-18-16-39-17-19-42)24-32(31)43(35(38)45)30-4-2-1-3-5-30/h1-15,24,33,39H,16-23H2,(H2,38,45). The summed E-state index contributed by atoms with van der Waals surface area (Å²) in [5, 5.41) is 3.27. The number of nitrogens with one attached hydrogen (secondary N) is 1. The second-order valence-corrected chi connectivity index (χ2v) is 11.3. The molecule has 0 saturated carbocycles. The quantitative estimate of drug-likeness (QED) is 0.303. The van der Waals surface area contributed by atoms with E-state index in [1.807, 2.05) is 47.4 Å². The van der Waals surface area contributed by atoms with E-state index >= 15 is 0 Å². The molecule has 232 valence electrons. The van der Waals surface area contributed by atoms with Crippen LogP contribution in [0.2, 0.25) is 0 Å². The first-order chi connectivity index (χ1) is 21.9. The Morgan fingerprint density at radius 1 is 0.733 bits per heavy atom. The molecule has 6 rings (SSSR count). The molecule has 0 spiro atoms. The summed E-state index contributed by atoms with van der Waals surface area (Å²) in [6.07, 6.45) is 0. The first kappa shape index (κ1) is 30.2. The highest BCUT2D eigenvalue weighted by Gasteiger charge is 2.30. The minimum absolute atomic E-state index is 0.0898. The first-order valence-electron chi connectivity index (χ1n) is 15.2. The van der Waals surface area contributed by atoms with Gasteiger partial charge in [-0.15, -0.1) is 0 Å². The molecule has 0 aromatic heterocycles. The van der Waals surface area contributed by atoms with E-state index in [4.69, 9.17) is 5.73 Å². The van der Waals surface area contributed by atoms with Crippen LogP contribution in [0.25, 0.3) is 0 Å². The largest absolute Gasteiger partial charge is 0.367 e. The molecule has 2 saturated heterocycles. The lowest BCUT2D eigenvalue weighted by Crippen LogP contribution is -2.48. The topological polar surface area (TPSA) is 85.1 Å². The number of carbonyl (C=O) groups excluding carboxylic acids is 2. The number of halogens is 2. The average molecular weight is 611 g/mol. The number of benzene rings is 4. The van der Waals surface area contributed by atoms with Gasteiger partial charge in [-0.25, -0.2) is 13.6 Å². The van der Waals surface area contributed by atoms with Gasteiger partial charge in [0.1, 0.15) is 11.6 Å². The fourth-order valence-corrected chi connectivity index (χ4v) is 6.24. The summed E-state index contributed by atoms with van der Waals surface area (Å²) >= 11 is 0. The van der Waals surface area contributed by atoms with E-state index < -0.39 is 6.03 Å². The molecule has 4 aromatic rings. The molecule has 2 fully saturated rings. The lowest BCUT2D eigenvalue weighted by Gasteiger charge is -2.41. The van der Waals surface area contributed by atoms with Crippen molar-refractivity contribution in [1.82, 2.24) is 15.1 Å². The van der Waals surface area contributed by atoms with Crippen molar-refractivity contribution in [3.05, 3.63) is 125 Å². The van der Waals surface area contributed by atoms with Crippen molar-refractivity contribution in [1.29, 1.82) is 0 Å². The van der Waals surface area contributed by atoms with Crippen molar-refractivity contribution in [3.8, 4) is 0 Å². The number of piperazine rings is 2. The summed E-state index contributed by atoms with van der Waals surface area (Å²) in [6.45, 7) is 5.18. The Morgan fingerprint density at radius 3 is 1.87 bits per heavy atom. The molecule has 0 unspecified atom stereocenters. The number of nitrogens with two attached hydrogens (primary N) is 1. The molecule has 0 bridgehead atoms. The third kappa shape index (κ3) is 6.67. The monoisotopic (exact) mass is 610 g/mol. The molecule has 10 heteroatoms. The van der Waals surface area contributed by atoms with Gasteiger partial charge in [0.2, 0.25) is 0 Å². The van der Waals surface area contributed by atoms with Crippen molar-refractivity contribution < 1.29 is 18.4 Å². The predicted octanol–water partition coefficient (Wildman–Crippen LogP) is 5.14. The van der Waals surface area contributed by atoms with Gasteiger partial charge in [0.05, 0.1) is 23.1 Å². The second kappa shape index (κ2) is 13.5. The van der Waals surface area contributed by atoms with E-state index in [1.54, 1.807) is 30.3 Å². The highest BCUT2D eigenvalue weighted by Crippen LogP contribution is 2.38. The summed E-state index contributed by atoms with van der Waals surface area (Å²) in [7, 11) is 0. The highest BCUT2D eigenvalue weighted by atomic mass is 19.1. The smallest absolute Gasteiger partial charge is 0.323 e. The zero-order chi connectivity index (χ0) is 31.3. The molecule has 0 atom stereocenters. The Bertz CT molecular complexity index is 1580. The van der Waals surface area contributed by atoms with Crippen molar-refractivity contribution in [3.63, 3.8) is 0 Å². The zero-order valence-corrected chi connectivity index (χ0v) is 24.9. The molecule has 2 aliphatic heterocycles. The fourth-order valence-electron chi connectivity index (χ4n) is 6.24. The van der Waals surface area contributed by atoms with Crippen LogP contribution in [0.3, 0.4) is 0 Å². The number of primary amides is 1. The van der Waals surface area contributed by atoms with Gasteiger partial charge in [-0.1, -0.05) is 42.5 Å². The van der Waals surface area contributed by atoms with E-state index in [0.29, 0.717) is 56.2 Å². The van der Waals surface area contributed by atoms with Crippen LogP contribution < -0.4 is 20.9 Å². The Kier molecular flexibility index (Phi) is 9.04. The summed E-state index contributed by atoms with van der Waals surface area (Å²) in [5.41, 5.74) is 10.2. The SMILES string of the molecule is NC(=O)N(c1ccccc1)c1cc(C(=O)N2CCNCC2)ccc1N1CCN(C(c2ccc(F)cc2)c2ccc(F)cc2)CC1.